The predicted octanol–water partition coefficient (Wildman–Crippen LogP) is 4.81. The van der Waals surface area contributed by atoms with Crippen LogP contribution in [0.1, 0.15) is 16.4 Å². The van der Waals surface area contributed by atoms with Gasteiger partial charge >= 0.3 is 0 Å². The van der Waals surface area contributed by atoms with Gasteiger partial charge in [-0.05, 0) is 29.8 Å². The Bertz CT molecular complexity index is 1260. The Morgan fingerprint density at radius 1 is 0.871 bits per heavy atom. The van der Waals surface area contributed by atoms with Gasteiger partial charge in [0.05, 0.1) is 53.5 Å². The van der Waals surface area contributed by atoms with Gasteiger partial charge in [-0.15, -0.1) is 11.3 Å². The number of imidazole rings is 1. The highest BCUT2D eigenvalue weighted by atomic mass is 32.1. The summed E-state index contributed by atoms with van der Waals surface area (Å²) in [5, 5.41) is 11.7. The van der Waals surface area contributed by atoms with Crippen LogP contribution in [0.5, 0.6) is 0 Å². The van der Waals surface area contributed by atoms with E-state index in [9.17, 15) is 5.11 Å². The molecule has 0 aliphatic heterocycles. The fourth-order valence-corrected chi connectivity index (χ4v) is 4.71. The van der Waals surface area contributed by atoms with Crippen LogP contribution < -0.4 is 0 Å². The third kappa shape index (κ3) is 4.51. The maximum atomic E-state index is 10.7. The van der Waals surface area contributed by atoms with Gasteiger partial charge in [-0.1, -0.05) is 54.6 Å². The summed E-state index contributed by atoms with van der Waals surface area (Å²) in [6.07, 6.45) is 0.00135. The van der Waals surface area contributed by atoms with Gasteiger partial charge in [0.2, 0.25) is 0 Å². The molecule has 1 N–H and O–H groups in total. The zero-order valence-corrected chi connectivity index (χ0v) is 17.8. The van der Waals surface area contributed by atoms with Crippen molar-refractivity contribution in [3.05, 3.63) is 95.3 Å². The maximum absolute atomic E-state index is 10.7. The monoisotopic (exact) mass is 429 g/mol. The molecule has 6 heteroatoms. The number of aromatic nitrogens is 3. The van der Waals surface area contributed by atoms with Crippen molar-refractivity contribution >= 4 is 32.6 Å². The summed E-state index contributed by atoms with van der Waals surface area (Å²) in [6.45, 7) is 1.18. The van der Waals surface area contributed by atoms with Crippen LogP contribution in [0.2, 0.25) is 0 Å². The summed E-state index contributed by atoms with van der Waals surface area (Å²) in [6, 6.07) is 26.2. The van der Waals surface area contributed by atoms with E-state index in [0.717, 1.165) is 32.9 Å². The number of hydrogen-bond donors (Lipinski definition) is 1. The number of aliphatic hydroxyl groups is 1. The molecule has 0 amide bonds. The summed E-state index contributed by atoms with van der Waals surface area (Å²) in [5.41, 5.74) is 4.05. The van der Waals surface area contributed by atoms with E-state index in [0.29, 0.717) is 19.6 Å². The maximum Gasteiger partial charge on any atom is 0.116 e. The molecule has 0 spiro atoms. The molecule has 0 bridgehead atoms. The standard InChI is InChI=1S/C25H23N3O2S/c29-19(17-30-16-18-8-2-1-3-9-18)15-28-22-12-6-4-10-20(22)26-24(28)14-25-27-21-11-5-7-13-23(21)31-25/h1-13,19,29H,14-17H2. The molecular weight excluding hydrogens is 406 g/mol. The lowest BCUT2D eigenvalue weighted by molar-refractivity contribution is 0.0205. The Morgan fingerprint density at radius 3 is 2.45 bits per heavy atom. The van der Waals surface area contributed by atoms with E-state index in [1.807, 2.05) is 72.8 Å². The van der Waals surface area contributed by atoms with Gasteiger partial charge in [0.1, 0.15) is 10.8 Å². The molecular formula is C25H23N3O2S. The van der Waals surface area contributed by atoms with Crippen LogP contribution in [0, 0.1) is 0 Å². The number of fused-ring (bicyclic) bond motifs is 2. The molecule has 0 saturated heterocycles. The second-order valence-corrected chi connectivity index (χ2v) is 8.65. The van der Waals surface area contributed by atoms with E-state index in [2.05, 4.69) is 10.6 Å². The number of rotatable bonds is 8. The van der Waals surface area contributed by atoms with Crippen molar-refractivity contribution in [3.8, 4) is 0 Å². The number of para-hydroxylation sites is 3. The molecule has 31 heavy (non-hydrogen) atoms. The van der Waals surface area contributed by atoms with Gasteiger partial charge in [-0.2, -0.15) is 0 Å². The molecule has 0 aliphatic carbocycles. The van der Waals surface area contributed by atoms with Crippen molar-refractivity contribution in [2.24, 2.45) is 0 Å². The first-order valence-electron chi connectivity index (χ1n) is 10.3. The molecule has 3 aromatic carbocycles. The van der Waals surface area contributed by atoms with Crippen molar-refractivity contribution in [2.75, 3.05) is 6.61 Å². The zero-order valence-electron chi connectivity index (χ0n) is 17.0. The van der Waals surface area contributed by atoms with E-state index in [4.69, 9.17) is 14.7 Å². The van der Waals surface area contributed by atoms with Gasteiger partial charge in [-0.25, -0.2) is 9.97 Å². The highest BCUT2D eigenvalue weighted by molar-refractivity contribution is 7.18. The summed E-state index contributed by atoms with van der Waals surface area (Å²) >= 11 is 1.69. The lowest BCUT2D eigenvalue weighted by Gasteiger charge is -2.15. The smallest absolute Gasteiger partial charge is 0.116 e. The molecule has 0 fully saturated rings. The van der Waals surface area contributed by atoms with E-state index in [-0.39, 0.29) is 6.61 Å². The molecule has 1 unspecified atom stereocenters. The molecule has 0 radical (unpaired) electrons. The lowest BCUT2D eigenvalue weighted by atomic mass is 10.2. The number of benzene rings is 3. The molecule has 2 aromatic heterocycles. The molecule has 2 heterocycles. The van der Waals surface area contributed by atoms with Crippen LogP contribution in [-0.4, -0.2) is 32.4 Å². The van der Waals surface area contributed by atoms with Crippen LogP contribution in [0.3, 0.4) is 0 Å². The molecule has 0 saturated carbocycles. The van der Waals surface area contributed by atoms with Gasteiger partial charge in [0, 0.05) is 0 Å². The highest BCUT2D eigenvalue weighted by Gasteiger charge is 2.16. The largest absolute Gasteiger partial charge is 0.389 e. The molecule has 5 rings (SSSR count). The van der Waals surface area contributed by atoms with Crippen molar-refractivity contribution in [1.82, 2.24) is 14.5 Å². The Hall–Kier alpha value is -3.06. The van der Waals surface area contributed by atoms with Crippen molar-refractivity contribution in [1.29, 1.82) is 0 Å². The Balaban J connectivity index is 1.34. The zero-order chi connectivity index (χ0) is 21.0. The van der Waals surface area contributed by atoms with E-state index >= 15 is 0 Å². The summed E-state index contributed by atoms with van der Waals surface area (Å²) in [4.78, 5) is 9.60. The second-order valence-electron chi connectivity index (χ2n) is 7.53. The normalized spacial score (nSPS) is 12.5. The van der Waals surface area contributed by atoms with Crippen molar-refractivity contribution < 1.29 is 9.84 Å². The third-order valence-electron chi connectivity index (χ3n) is 5.20. The third-order valence-corrected chi connectivity index (χ3v) is 6.23. The SMILES string of the molecule is OC(COCc1ccccc1)Cn1c(Cc2nc3ccccc3s2)nc2ccccc21. The average molecular weight is 430 g/mol. The first-order chi connectivity index (χ1) is 15.3. The molecule has 1 atom stereocenters. The molecule has 156 valence electrons. The topological polar surface area (TPSA) is 60.2 Å². The van der Waals surface area contributed by atoms with E-state index < -0.39 is 6.10 Å². The fraction of sp³-hybridized carbons (Fsp3) is 0.200. The minimum Gasteiger partial charge on any atom is -0.389 e. The fourth-order valence-electron chi connectivity index (χ4n) is 3.75. The molecule has 0 aliphatic rings. The van der Waals surface area contributed by atoms with Crippen LogP contribution in [-0.2, 0) is 24.3 Å². The van der Waals surface area contributed by atoms with E-state index in [1.54, 1.807) is 11.3 Å². The minimum atomic E-state index is -0.629. The number of thiazole rings is 1. The van der Waals surface area contributed by atoms with Gasteiger partial charge in [-0.3, -0.25) is 0 Å². The highest BCUT2D eigenvalue weighted by Crippen LogP contribution is 2.25. The van der Waals surface area contributed by atoms with Crippen molar-refractivity contribution in [2.45, 2.75) is 25.7 Å². The van der Waals surface area contributed by atoms with Crippen molar-refractivity contribution in [3.63, 3.8) is 0 Å². The number of ether oxygens (including phenoxy) is 1. The van der Waals surface area contributed by atoms with Crippen LogP contribution in [0.15, 0.2) is 78.9 Å². The van der Waals surface area contributed by atoms with Crippen LogP contribution in [0.25, 0.3) is 21.3 Å². The van der Waals surface area contributed by atoms with Gasteiger partial charge in [0.15, 0.2) is 0 Å². The number of hydrogen-bond acceptors (Lipinski definition) is 5. The summed E-state index contributed by atoms with van der Waals surface area (Å²) in [5.74, 6) is 0.905. The number of nitrogens with zero attached hydrogens (tertiary/aromatic N) is 3. The Kier molecular flexibility index (Phi) is 5.76. The quantitative estimate of drug-likeness (QED) is 0.384. The van der Waals surface area contributed by atoms with Crippen LogP contribution in [0.4, 0.5) is 0 Å². The second kappa shape index (κ2) is 8.98. The van der Waals surface area contributed by atoms with Gasteiger partial charge < -0.3 is 14.4 Å². The summed E-state index contributed by atoms with van der Waals surface area (Å²) < 4.78 is 9.02. The van der Waals surface area contributed by atoms with Crippen LogP contribution >= 0.6 is 11.3 Å². The number of aliphatic hydroxyl groups excluding tert-OH is 1. The molecule has 5 aromatic rings. The first-order valence-corrected chi connectivity index (χ1v) is 11.2. The minimum absolute atomic E-state index is 0.266. The lowest BCUT2D eigenvalue weighted by Crippen LogP contribution is -2.23. The summed E-state index contributed by atoms with van der Waals surface area (Å²) in [7, 11) is 0. The predicted molar refractivity (Wildman–Crippen MR) is 124 cm³/mol. The first kappa shape index (κ1) is 19.9. The molecule has 5 nitrogen and oxygen atoms in total. The Labute approximate surface area is 184 Å². The Morgan fingerprint density at radius 2 is 1.61 bits per heavy atom. The van der Waals surface area contributed by atoms with Gasteiger partial charge in [0.25, 0.3) is 0 Å². The average Bonchev–Trinajstić information content (AvgIpc) is 3.35. The van der Waals surface area contributed by atoms with E-state index in [1.165, 1.54) is 4.70 Å².